The van der Waals surface area contributed by atoms with Crippen LogP contribution in [0.25, 0.3) is 22.0 Å². The van der Waals surface area contributed by atoms with Gasteiger partial charge in [-0.2, -0.15) is 0 Å². The van der Waals surface area contributed by atoms with Gasteiger partial charge in [0.2, 0.25) is 5.91 Å². The zero-order valence-electron chi connectivity index (χ0n) is 18.8. The van der Waals surface area contributed by atoms with Crippen molar-refractivity contribution in [2.45, 2.75) is 59.4 Å². The molecule has 0 unspecified atom stereocenters. The van der Waals surface area contributed by atoms with Gasteiger partial charge in [0.05, 0.1) is 5.52 Å². The van der Waals surface area contributed by atoms with E-state index in [-0.39, 0.29) is 23.2 Å². The van der Waals surface area contributed by atoms with Gasteiger partial charge in [0.15, 0.2) is 5.78 Å². The third-order valence-corrected chi connectivity index (χ3v) is 5.79. The van der Waals surface area contributed by atoms with Gasteiger partial charge in [0, 0.05) is 53.9 Å². The zero-order valence-corrected chi connectivity index (χ0v) is 18.8. The van der Waals surface area contributed by atoms with Crippen molar-refractivity contribution in [3.8, 4) is 11.1 Å². The summed E-state index contributed by atoms with van der Waals surface area (Å²) in [6, 6.07) is 5.35. The number of ketones is 1. The van der Waals surface area contributed by atoms with Crippen LogP contribution in [0.1, 0.15) is 62.0 Å². The molecule has 3 aromatic rings. The Balaban J connectivity index is 1.79. The monoisotopic (exact) mass is 432 g/mol. The van der Waals surface area contributed by atoms with Crippen molar-refractivity contribution in [3.05, 3.63) is 52.2 Å². The number of fused-ring (bicyclic) bond motifs is 1. The van der Waals surface area contributed by atoms with Gasteiger partial charge in [-0.3, -0.25) is 19.4 Å². The molecule has 0 bridgehead atoms. The highest BCUT2D eigenvalue weighted by molar-refractivity contribution is 5.96. The van der Waals surface area contributed by atoms with Crippen molar-refractivity contribution in [1.29, 1.82) is 0 Å². The Morgan fingerprint density at radius 1 is 1.06 bits per heavy atom. The number of amides is 1. The number of anilines is 1. The molecule has 0 aliphatic heterocycles. The van der Waals surface area contributed by atoms with E-state index in [2.05, 4.69) is 15.3 Å². The highest BCUT2D eigenvalue weighted by Gasteiger charge is 2.29. The Bertz CT molecular complexity index is 1260. The van der Waals surface area contributed by atoms with Crippen molar-refractivity contribution in [2.24, 2.45) is 5.92 Å². The van der Waals surface area contributed by atoms with Crippen molar-refractivity contribution < 1.29 is 9.59 Å². The predicted molar refractivity (Wildman–Crippen MR) is 125 cm³/mol. The van der Waals surface area contributed by atoms with Crippen molar-refractivity contribution >= 4 is 28.4 Å². The molecular weight excluding hydrogens is 404 g/mol. The molecule has 1 aliphatic rings. The molecule has 4 rings (SSSR count). The van der Waals surface area contributed by atoms with Gasteiger partial charge in [-0.1, -0.05) is 13.8 Å². The smallest absolute Gasteiger partial charge is 0.258 e. The molecule has 0 spiro atoms. The number of aromatic nitrogens is 3. The summed E-state index contributed by atoms with van der Waals surface area (Å²) in [7, 11) is 0. The second kappa shape index (κ2) is 9.02. The van der Waals surface area contributed by atoms with Gasteiger partial charge >= 0.3 is 0 Å². The summed E-state index contributed by atoms with van der Waals surface area (Å²) >= 11 is 0. The van der Waals surface area contributed by atoms with E-state index in [1.807, 2.05) is 26.8 Å². The zero-order chi connectivity index (χ0) is 22.8. The molecule has 7 nitrogen and oxygen atoms in total. The minimum atomic E-state index is -0.123. The number of nitrogens with zero attached hydrogens (tertiary/aromatic N) is 3. The van der Waals surface area contributed by atoms with Crippen LogP contribution in [-0.4, -0.2) is 26.2 Å². The molecule has 0 radical (unpaired) electrons. The lowest BCUT2D eigenvalue weighted by Gasteiger charge is -2.15. The third kappa shape index (κ3) is 4.33. The fraction of sp³-hybridized carbons (Fsp3) is 0.400. The van der Waals surface area contributed by atoms with Crippen LogP contribution in [0.5, 0.6) is 0 Å². The van der Waals surface area contributed by atoms with Crippen molar-refractivity contribution in [2.75, 3.05) is 5.32 Å². The highest BCUT2D eigenvalue weighted by atomic mass is 16.2. The molecule has 0 aromatic carbocycles. The fourth-order valence-electron chi connectivity index (χ4n) is 3.90. The van der Waals surface area contributed by atoms with Crippen LogP contribution in [0.3, 0.4) is 0 Å². The van der Waals surface area contributed by atoms with Gasteiger partial charge in [0.1, 0.15) is 11.5 Å². The normalized spacial score (nSPS) is 13.3. The molecule has 7 heteroatoms. The van der Waals surface area contributed by atoms with Crippen LogP contribution in [0.15, 0.2) is 35.4 Å². The number of rotatable bonds is 8. The average molecular weight is 433 g/mol. The minimum Gasteiger partial charge on any atom is -0.310 e. The SMILES string of the molecule is CCCC(=O)c1cc(C)c(-c2cc3cnc(NC(=O)C4CC4)cc3n(CCC)c2=O)cn1. The maximum absolute atomic E-state index is 13.5. The van der Waals surface area contributed by atoms with E-state index >= 15 is 0 Å². The molecular formula is C25H28N4O3. The summed E-state index contributed by atoms with van der Waals surface area (Å²) in [6.45, 7) is 6.41. The van der Waals surface area contributed by atoms with E-state index in [1.165, 1.54) is 0 Å². The van der Waals surface area contributed by atoms with Gasteiger partial charge in [0.25, 0.3) is 5.56 Å². The molecule has 0 saturated heterocycles. The number of pyridine rings is 3. The second-order valence-corrected chi connectivity index (χ2v) is 8.46. The lowest BCUT2D eigenvalue weighted by Crippen LogP contribution is -2.23. The number of hydrogen-bond acceptors (Lipinski definition) is 5. The van der Waals surface area contributed by atoms with E-state index in [4.69, 9.17) is 0 Å². The number of hydrogen-bond donors (Lipinski definition) is 1. The van der Waals surface area contributed by atoms with Gasteiger partial charge in [-0.15, -0.1) is 0 Å². The van der Waals surface area contributed by atoms with Gasteiger partial charge < -0.3 is 9.88 Å². The van der Waals surface area contributed by atoms with Crippen molar-refractivity contribution in [1.82, 2.24) is 14.5 Å². The fourth-order valence-corrected chi connectivity index (χ4v) is 3.90. The number of Topliss-reactive ketones (excluding diaryl/α,β-unsaturated/α-hetero) is 1. The van der Waals surface area contributed by atoms with Crippen LogP contribution in [0.4, 0.5) is 5.82 Å². The third-order valence-electron chi connectivity index (χ3n) is 5.79. The Morgan fingerprint density at radius 3 is 2.50 bits per heavy atom. The van der Waals surface area contributed by atoms with E-state index in [0.717, 1.165) is 42.1 Å². The molecule has 3 aromatic heterocycles. The van der Waals surface area contributed by atoms with Crippen molar-refractivity contribution in [3.63, 3.8) is 0 Å². The van der Waals surface area contributed by atoms with E-state index < -0.39 is 0 Å². The highest BCUT2D eigenvalue weighted by Crippen LogP contribution is 2.30. The van der Waals surface area contributed by atoms with Gasteiger partial charge in [-0.05, 0) is 50.3 Å². The summed E-state index contributed by atoms with van der Waals surface area (Å²) < 4.78 is 1.73. The molecule has 166 valence electrons. The van der Waals surface area contributed by atoms with Gasteiger partial charge in [-0.25, -0.2) is 4.98 Å². The van der Waals surface area contributed by atoms with Crippen LogP contribution < -0.4 is 10.9 Å². The minimum absolute atomic E-state index is 0.00836. The van der Waals surface area contributed by atoms with E-state index in [0.29, 0.717) is 35.6 Å². The Kier molecular flexibility index (Phi) is 6.17. The molecule has 1 amide bonds. The molecule has 1 aliphatic carbocycles. The molecule has 1 N–H and O–H groups in total. The van der Waals surface area contributed by atoms with E-state index in [1.54, 1.807) is 29.1 Å². The van der Waals surface area contributed by atoms with Crippen LogP contribution >= 0.6 is 0 Å². The molecule has 1 fully saturated rings. The largest absolute Gasteiger partial charge is 0.310 e. The first-order valence-electron chi connectivity index (χ1n) is 11.3. The first-order valence-corrected chi connectivity index (χ1v) is 11.3. The number of nitrogens with one attached hydrogen (secondary N) is 1. The number of carbonyl (C=O) groups is 2. The first kappa shape index (κ1) is 21.9. The van der Waals surface area contributed by atoms with Crippen LogP contribution in [0, 0.1) is 12.8 Å². The van der Waals surface area contributed by atoms with Crippen LogP contribution in [-0.2, 0) is 11.3 Å². The summed E-state index contributed by atoms with van der Waals surface area (Å²) in [5, 5.41) is 3.67. The molecule has 32 heavy (non-hydrogen) atoms. The number of aryl methyl sites for hydroxylation is 2. The van der Waals surface area contributed by atoms with E-state index in [9.17, 15) is 14.4 Å². The first-order chi connectivity index (χ1) is 15.4. The second-order valence-electron chi connectivity index (χ2n) is 8.46. The molecule has 1 saturated carbocycles. The number of carbonyl (C=O) groups excluding carboxylic acids is 2. The quantitative estimate of drug-likeness (QED) is 0.529. The standard InChI is InChI=1S/C25H28N4O3/c1-4-6-22(30)20-10-15(3)19(14-26-20)18-11-17-13-27-23(28-24(31)16-7-8-16)12-21(17)29(9-5-2)25(18)32/h10-14,16H,4-9H2,1-3H3,(H,27,28,31). The maximum atomic E-state index is 13.5. The average Bonchev–Trinajstić information content (AvgIpc) is 3.62. The predicted octanol–water partition coefficient (Wildman–Crippen LogP) is 4.51. The Hall–Kier alpha value is -3.35. The topological polar surface area (TPSA) is 94.0 Å². The van der Waals surface area contributed by atoms with Crippen LogP contribution in [0.2, 0.25) is 0 Å². The maximum Gasteiger partial charge on any atom is 0.258 e. The Morgan fingerprint density at radius 2 is 1.84 bits per heavy atom. The summed E-state index contributed by atoms with van der Waals surface area (Å²) in [5.41, 5.74) is 3.12. The molecule has 3 heterocycles. The molecule has 0 atom stereocenters. The summed E-state index contributed by atoms with van der Waals surface area (Å²) in [6.07, 6.45) is 7.15. The lowest BCUT2D eigenvalue weighted by atomic mass is 10.0. The Labute approximate surface area is 186 Å². The summed E-state index contributed by atoms with van der Waals surface area (Å²) in [4.78, 5) is 46.5. The lowest BCUT2D eigenvalue weighted by molar-refractivity contribution is -0.117. The summed E-state index contributed by atoms with van der Waals surface area (Å²) in [5.74, 6) is 0.532.